The van der Waals surface area contributed by atoms with Gasteiger partial charge >= 0.3 is 0 Å². The van der Waals surface area contributed by atoms with Crippen LogP contribution in [0.25, 0.3) is 0 Å². The zero-order valence-electron chi connectivity index (χ0n) is 15.6. The van der Waals surface area contributed by atoms with Gasteiger partial charge in [-0.15, -0.1) is 0 Å². The SMILES string of the molecule is COCC(=O)Nc1ccc(NC(=O)c2ccc(F)c(S(=O)(=O)NC3CC3)c2)cc1. The summed E-state index contributed by atoms with van der Waals surface area (Å²) in [6, 6.07) is 9.29. The molecule has 0 saturated heterocycles. The summed E-state index contributed by atoms with van der Waals surface area (Å²) in [7, 11) is -2.62. The van der Waals surface area contributed by atoms with Crippen LogP contribution in [0.4, 0.5) is 15.8 Å². The first-order valence-electron chi connectivity index (χ1n) is 8.80. The van der Waals surface area contributed by atoms with Crippen LogP contribution in [-0.4, -0.2) is 40.0 Å². The smallest absolute Gasteiger partial charge is 0.255 e. The lowest BCUT2D eigenvalue weighted by atomic mass is 10.2. The summed E-state index contributed by atoms with van der Waals surface area (Å²) < 4.78 is 45.7. The van der Waals surface area contributed by atoms with E-state index in [0.717, 1.165) is 12.1 Å². The second-order valence-corrected chi connectivity index (χ2v) is 8.24. The molecule has 29 heavy (non-hydrogen) atoms. The molecule has 0 atom stereocenters. The fourth-order valence-corrected chi connectivity index (χ4v) is 3.91. The minimum atomic E-state index is -4.03. The van der Waals surface area contributed by atoms with Crippen molar-refractivity contribution in [1.29, 1.82) is 0 Å². The summed E-state index contributed by atoms with van der Waals surface area (Å²) in [5.41, 5.74) is 0.941. The Morgan fingerprint density at radius 1 is 1.07 bits per heavy atom. The van der Waals surface area contributed by atoms with Crippen molar-refractivity contribution in [2.45, 2.75) is 23.8 Å². The molecule has 154 valence electrons. The van der Waals surface area contributed by atoms with Crippen molar-refractivity contribution in [2.75, 3.05) is 24.4 Å². The van der Waals surface area contributed by atoms with Crippen molar-refractivity contribution in [1.82, 2.24) is 4.72 Å². The standard InChI is InChI=1S/C19H20FN3O5S/c1-28-11-18(24)21-13-3-5-14(6-4-13)22-19(25)12-2-9-16(20)17(10-12)29(26,27)23-15-7-8-15/h2-6,9-10,15,23H,7-8,11H2,1H3,(H,21,24)(H,22,25). The van der Waals surface area contributed by atoms with Crippen LogP contribution in [-0.2, 0) is 19.6 Å². The van der Waals surface area contributed by atoms with E-state index in [1.807, 2.05) is 0 Å². The van der Waals surface area contributed by atoms with Crippen LogP contribution in [0, 0.1) is 5.82 Å². The van der Waals surface area contributed by atoms with E-state index in [2.05, 4.69) is 15.4 Å². The fraction of sp³-hybridized carbons (Fsp3) is 0.263. The average Bonchev–Trinajstić information content (AvgIpc) is 3.47. The van der Waals surface area contributed by atoms with E-state index in [0.29, 0.717) is 24.2 Å². The third kappa shape index (κ3) is 5.59. The summed E-state index contributed by atoms with van der Waals surface area (Å²) in [5.74, 6) is -1.83. The van der Waals surface area contributed by atoms with Crippen molar-refractivity contribution >= 4 is 33.2 Å². The minimum Gasteiger partial charge on any atom is -0.375 e. The molecular formula is C19H20FN3O5S. The lowest BCUT2D eigenvalue weighted by Crippen LogP contribution is -2.27. The molecule has 3 rings (SSSR count). The first-order chi connectivity index (χ1) is 13.8. The highest BCUT2D eigenvalue weighted by molar-refractivity contribution is 7.89. The molecule has 0 spiro atoms. The Labute approximate surface area is 167 Å². The van der Waals surface area contributed by atoms with Crippen molar-refractivity contribution < 1.29 is 27.1 Å². The molecule has 0 radical (unpaired) electrons. The molecule has 0 unspecified atom stereocenters. The van der Waals surface area contributed by atoms with Crippen molar-refractivity contribution in [3.05, 3.63) is 53.8 Å². The topological polar surface area (TPSA) is 114 Å². The van der Waals surface area contributed by atoms with Gasteiger partial charge in [0.25, 0.3) is 5.91 Å². The number of sulfonamides is 1. The van der Waals surface area contributed by atoms with Gasteiger partial charge in [-0.1, -0.05) is 0 Å². The average molecular weight is 421 g/mol. The maximum Gasteiger partial charge on any atom is 0.255 e. The van der Waals surface area contributed by atoms with Crippen LogP contribution < -0.4 is 15.4 Å². The van der Waals surface area contributed by atoms with Gasteiger partial charge in [-0.3, -0.25) is 9.59 Å². The first kappa shape index (κ1) is 20.9. The summed E-state index contributed by atoms with van der Waals surface area (Å²) in [6.45, 7) is -0.0795. The number of halogens is 1. The van der Waals surface area contributed by atoms with Gasteiger partial charge in [0, 0.05) is 30.1 Å². The van der Waals surface area contributed by atoms with E-state index in [1.54, 1.807) is 24.3 Å². The fourth-order valence-electron chi connectivity index (χ4n) is 2.50. The normalized spacial score (nSPS) is 13.7. The second kappa shape index (κ2) is 8.68. The van der Waals surface area contributed by atoms with Gasteiger partial charge in [-0.25, -0.2) is 17.5 Å². The molecule has 0 aliphatic heterocycles. The van der Waals surface area contributed by atoms with E-state index in [9.17, 15) is 22.4 Å². The van der Waals surface area contributed by atoms with Crippen LogP contribution >= 0.6 is 0 Å². The number of hydrogen-bond donors (Lipinski definition) is 3. The number of carbonyl (C=O) groups is 2. The van der Waals surface area contributed by atoms with Gasteiger partial charge in [-0.05, 0) is 55.3 Å². The maximum absolute atomic E-state index is 14.0. The van der Waals surface area contributed by atoms with Crippen molar-refractivity contribution in [3.8, 4) is 0 Å². The minimum absolute atomic E-state index is 0.0000424. The highest BCUT2D eigenvalue weighted by Crippen LogP contribution is 2.24. The lowest BCUT2D eigenvalue weighted by molar-refractivity contribution is -0.119. The zero-order valence-corrected chi connectivity index (χ0v) is 16.4. The van der Waals surface area contributed by atoms with E-state index in [4.69, 9.17) is 4.74 Å². The maximum atomic E-state index is 14.0. The van der Waals surface area contributed by atoms with Crippen LogP contribution in [0.1, 0.15) is 23.2 Å². The number of ether oxygens (including phenoxy) is 1. The molecular weight excluding hydrogens is 401 g/mol. The Morgan fingerprint density at radius 3 is 2.28 bits per heavy atom. The molecule has 0 bridgehead atoms. The van der Waals surface area contributed by atoms with Crippen LogP contribution in [0.15, 0.2) is 47.4 Å². The third-order valence-electron chi connectivity index (χ3n) is 4.08. The molecule has 2 amide bonds. The number of methoxy groups -OCH3 is 1. The third-order valence-corrected chi connectivity index (χ3v) is 5.62. The largest absolute Gasteiger partial charge is 0.375 e. The molecule has 0 heterocycles. The predicted octanol–water partition coefficient (Wildman–Crippen LogP) is 2.10. The number of nitrogens with one attached hydrogen (secondary N) is 3. The number of anilines is 2. The first-order valence-corrected chi connectivity index (χ1v) is 10.3. The van der Waals surface area contributed by atoms with Gasteiger partial charge in [0.05, 0.1) is 0 Å². The molecule has 3 N–H and O–H groups in total. The zero-order chi connectivity index (χ0) is 21.0. The summed E-state index contributed by atoms with van der Waals surface area (Å²) in [4.78, 5) is 23.4. The number of amides is 2. The van der Waals surface area contributed by atoms with Crippen LogP contribution in [0.2, 0.25) is 0 Å². The Balaban J connectivity index is 1.70. The second-order valence-electron chi connectivity index (χ2n) is 6.55. The molecule has 1 aliphatic carbocycles. The molecule has 2 aromatic rings. The van der Waals surface area contributed by atoms with Crippen molar-refractivity contribution in [3.63, 3.8) is 0 Å². The predicted molar refractivity (Wildman–Crippen MR) is 105 cm³/mol. The Bertz CT molecular complexity index is 1020. The molecule has 2 aromatic carbocycles. The lowest BCUT2D eigenvalue weighted by Gasteiger charge is -2.10. The number of hydrogen-bond acceptors (Lipinski definition) is 5. The van der Waals surface area contributed by atoms with Crippen molar-refractivity contribution in [2.24, 2.45) is 0 Å². The Kier molecular flexibility index (Phi) is 6.26. The molecule has 10 heteroatoms. The Morgan fingerprint density at radius 2 is 1.69 bits per heavy atom. The summed E-state index contributed by atoms with van der Waals surface area (Å²) in [6.07, 6.45) is 1.42. The Hall–Kier alpha value is -2.82. The quantitative estimate of drug-likeness (QED) is 0.604. The van der Waals surface area contributed by atoms with E-state index >= 15 is 0 Å². The summed E-state index contributed by atoms with van der Waals surface area (Å²) in [5, 5.41) is 5.22. The van der Waals surface area contributed by atoms with Gasteiger partial charge in [0.15, 0.2) is 0 Å². The molecule has 1 fully saturated rings. The van der Waals surface area contributed by atoms with E-state index in [-0.39, 0.29) is 24.1 Å². The number of rotatable bonds is 8. The van der Waals surface area contributed by atoms with Crippen LogP contribution in [0.3, 0.4) is 0 Å². The van der Waals surface area contributed by atoms with Crippen LogP contribution in [0.5, 0.6) is 0 Å². The van der Waals surface area contributed by atoms with E-state index < -0.39 is 26.6 Å². The number of benzene rings is 2. The van der Waals surface area contributed by atoms with Gasteiger partial charge in [-0.2, -0.15) is 0 Å². The molecule has 1 saturated carbocycles. The highest BCUT2D eigenvalue weighted by Gasteiger charge is 2.30. The van der Waals surface area contributed by atoms with Gasteiger partial charge in [0.2, 0.25) is 15.9 Å². The summed E-state index contributed by atoms with van der Waals surface area (Å²) >= 11 is 0. The van der Waals surface area contributed by atoms with Gasteiger partial charge < -0.3 is 15.4 Å². The van der Waals surface area contributed by atoms with Gasteiger partial charge in [0.1, 0.15) is 17.3 Å². The molecule has 1 aliphatic rings. The highest BCUT2D eigenvalue weighted by atomic mass is 32.2. The van der Waals surface area contributed by atoms with E-state index in [1.165, 1.54) is 13.2 Å². The number of carbonyl (C=O) groups excluding carboxylic acids is 2. The molecule has 0 aromatic heterocycles. The molecule has 8 nitrogen and oxygen atoms in total. The monoisotopic (exact) mass is 421 g/mol.